The van der Waals surface area contributed by atoms with E-state index in [4.69, 9.17) is 11.5 Å². The summed E-state index contributed by atoms with van der Waals surface area (Å²) < 4.78 is 0. The number of carbonyl (C=O) groups excluding carboxylic acids is 1. The Balaban J connectivity index is 2.57. The molecule has 0 spiro atoms. The van der Waals surface area contributed by atoms with Crippen LogP contribution in [0.4, 0.5) is 0 Å². The number of amidine groups is 1. The maximum absolute atomic E-state index is 12.2. The summed E-state index contributed by atoms with van der Waals surface area (Å²) in [4.78, 5) is 16.5. The number of nitrogens with zero attached hydrogens (tertiary/aromatic N) is 1. The molecule has 1 aliphatic carbocycles. The summed E-state index contributed by atoms with van der Waals surface area (Å²) in [6.07, 6.45) is 3.09. The van der Waals surface area contributed by atoms with Crippen molar-refractivity contribution in [1.82, 2.24) is 0 Å². The van der Waals surface area contributed by atoms with Gasteiger partial charge in [-0.2, -0.15) is 0 Å². The molecule has 0 aromatic rings. The molecule has 0 saturated heterocycles. The lowest BCUT2D eigenvalue weighted by atomic mass is 9.80. The summed E-state index contributed by atoms with van der Waals surface area (Å²) in [5.74, 6) is -0.414. The Labute approximate surface area is 99.2 Å². The highest BCUT2D eigenvalue weighted by atomic mass is 16.3. The van der Waals surface area contributed by atoms with Gasteiger partial charge in [0.25, 0.3) is 0 Å². The summed E-state index contributed by atoms with van der Waals surface area (Å²) in [5.41, 5.74) is 12.8. The van der Waals surface area contributed by atoms with Crippen LogP contribution < -0.4 is 11.5 Å². The molecule has 1 heterocycles. The van der Waals surface area contributed by atoms with Gasteiger partial charge in [-0.1, -0.05) is 0 Å². The van der Waals surface area contributed by atoms with E-state index in [1.165, 1.54) is 6.08 Å². The largest absolute Gasteiger partial charge is 0.508 e. The average molecular weight is 233 g/mol. The second kappa shape index (κ2) is 3.76. The van der Waals surface area contributed by atoms with Crippen LogP contribution in [0.15, 0.2) is 39.7 Å². The minimum absolute atomic E-state index is 0.0850. The van der Waals surface area contributed by atoms with Crippen LogP contribution in [-0.2, 0) is 4.79 Å². The van der Waals surface area contributed by atoms with Gasteiger partial charge >= 0.3 is 0 Å². The fourth-order valence-corrected chi connectivity index (χ4v) is 2.23. The quantitative estimate of drug-likeness (QED) is 0.531. The molecular formula is C12H15N3O2. The van der Waals surface area contributed by atoms with E-state index in [0.717, 1.165) is 5.57 Å². The zero-order valence-electron chi connectivity index (χ0n) is 9.77. The first-order chi connectivity index (χ1) is 7.91. The lowest BCUT2D eigenvalue weighted by Crippen LogP contribution is -2.41. The Morgan fingerprint density at radius 2 is 2.18 bits per heavy atom. The standard InChI is InChI=1S/C12H15N3O2/c1-5-3-7(16)4-8-10(5)15-12(14)9(6(2)13)11(8)17/h3-4,8,10,16H,13H2,1-2H3,(H2,14,15). The summed E-state index contributed by atoms with van der Waals surface area (Å²) in [5, 5.41) is 9.53. The molecular weight excluding hydrogens is 218 g/mol. The van der Waals surface area contributed by atoms with Crippen LogP contribution in [0.3, 0.4) is 0 Å². The number of allylic oxidation sites excluding steroid dienone is 2. The van der Waals surface area contributed by atoms with Gasteiger partial charge in [-0.05, 0) is 31.6 Å². The van der Waals surface area contributed by atoms with Crippen molar-refractivity contribution < 1.29 is 9.90 Å². The van der Waals surface area contributed by atoms with Gasteiger partial charge in [-0.25, -0.2) is 0 Å². The van der Waals surface area contributed by atoms with Crippen molar-refractivity contribution in [2.75, 3.05) is 0 Å². The van der Waals surface area contributed by atoms with E-state index in [-0.39, 0.29) is 29.0 Å². The second-order valence-electron chi connectivity index (χ2n) is 4.39. The molecule has 0 fully saturated rings. The van der Waals surface area contributed by atoms with Crippen LogP contribution in [0.25, 0.3) is 0 Å². The summed E-state index contributed by atoms with van der Waals surface area (Å²) >= 11 is 0. The van der Waals surface area contributed by atoms with Crippen LogP contribution >= 0.6 is 0 Å². The number of hydrogen-bond acceptors (Lipinski definition) is 5. The highest BCUT2D eigenvalue weighted by Gasteiger charge is 2.38. The van der Waals surface area contributed by atoms with E-state index in [9.17, 15) is 9.90 Å². The van der Waals surface area contributed by atoms with Crippen LogP contribution in [0.1, 0.15) is 13.8 Å². The van der Waals surface area contributed by atoms with E-state index in [1.54, 1.807) is 13.0 Å². The monoisotopic (exact) mass is 233 g/mol. The number of rotatable bonds is 0. The first-order valence-electron chi connectivity index (χ1n) is 5.35. The molecule has 0 radical (unpaired) electrons. The number of nitrogens with two attached hydrogens (primary N) is 2. The first kappa shape index (κ1) is 11.4. The number of aliphatic imine (C=N–C) groups is 1. The maximum Gasteiger partial charge on any atom is 0.177 e. The van der Waals surface area contributed by atoms with Gasteiger partial charge in [0, 0.05) is 5.70 Å². The fourth-order valence-electron chi connectivity index (χ4n) is 2.23. The minimum Gasteiger partial charge on any atom is -0.508 e. The van der Waals surface area contributed by atoms with Crippen molar-refractivity contribution in [1.29, 1.82) is 0 Å². The fraction of sp³-hybridized carbons (Fsp3) is 0.333. The number of aliphatic hydroxyl groups is 1. The van der Waals surface area contributed by atoms with Gasteiger partial charge < -0.3 is 16.6 Å². The van der Waals surface area contributed by atoms with Crippen molar-refractivity contribution in [3.63, 3.8) is 0 Å². The maximum atomic E-state index is 12.2. The normalized spacial score (nSPS) is 31.2. The van der Waals surface area contributed by atoms with Crippen LogP contribution in [0.2, 0.25) is 0 Å². The average Bonchev–Trinajstić information content (AvgIpc) is 2.19. The molecule has 5 nitrogen and oxygen atoms in total. The van der Waals surface area contributed by atoms with E-state index in [1.807, 2.05) is 6.92 Å². The predicted molar refractivity (Wildman–Crippen MR) is 65.3 cm³/mol. The van der Waals surface area contributed by atoms with Crippen LogP contribution in [0.5, 0.6) is 0 Å². The Morgan fingerprint density at radius 3 is 2.76 bits per heavy atom. The lowest BCUT2D eigenvalue weighted by Gasteiger charge is -2.30. The Kier molecular flexibility index (Phi) is 2.53. The Morgan fingerprint density at radius 1 is 1.53 bits per heavy atom. The topological polar surface area (TPSA) is 102 Å². The zero-order chi connectivity index (χ0) is 12.7. The second-order valence-corrected chi connectivity index (χ2v) is 4.39. The van der Waals surface area contributed by atoms with Crippen molar-refractivity contribution in [3.8, 4) is 0 Å². The molecule has 2 aliphatic rings. The third-order valence-electron chi connectivity index (χ3n) is 3.01. The molecule has 2 rings (SSSR count). The van der Waals surface area contributed by atoms with Crippen molar-refractivity contribution in [2.24, 2.45) is 22.4 Å². The van der Waals surface area contributed by atoms with Gasteiger partial charge in [-0.3, -0.25) is 9.79 Å². The van der Waals surface area contributed by atoms with Crippen molar-refractivity contribution in [2.45, 2.75) is 19.9 Å². The van der Waals surface area contributed by atoms with E-state index in [0.29, 0.717) is 5.70 Å². The number of fused-ring (bicyclic) bond motifs is 1. The van der Waals surface area contributed by atoms with Gasteiger partial charge in [0.15, 0.2) is 5.78 Å². The third-order valence-corrected chi connectivity index (χ3v) is 3.01. The van der Waals surface area contributed by atoms with Crippen molar-refractivity contribution in [3.05, 3.63) is 34.8 Å². The number of hydrogen-bond donors (Lipinski definition) is 3. The number of carbonyl (C=O) groups is 1. The highest BCUT2D eigenvalue weighted by molar-refractivity contribution is 6.24. The molecule has 90 valence electrons. The molecule has 1 aliphatic heterocycles. The van der Waals surface area contributed by atoms with Crippen LogP contribution in [0, 0.1) is 5.92 Å². The molecule has 5 N–H and O–H groups in total. The molecule has 0 amide bonds. The van der Waals surface area contributed by atoms with E-state index < -0.39 is 5.92 Å². The van der Waals surface area contributed by atoms with Crippen molar-refractivity contribution >= 4 is 11.6 Å². The molecule has 17 heavy (non-hydrogen) atoms. The molecule has 2 unspecified atom stereocenters. The van der Waals surface area contributed by atoms with Gasteiger partial charge in [-0.15, -0.1) is 0 Å². The smallest absolute Gasteiger partial charge is 0.177 e. The molecule has 0 saturated carbocycles. The molecule has 0 bridgehead atoms. The van der Waals surface area contributed by atoms with E-state index in [2.05, 4.69) is 4.99 Å². The molecule has 5 heteroatoms. The molecule has 0 aromatic heterocycles. The molecule has 2 atom stereocenters. The Hall–Kier alpha value is -2.04. The highest BCUT2D eigenvalue weighted by Crippen LogP contribution is 2.31. The number of aliphatic hydroxyl groups excluding tert-OH is 1. The molecule has 0 aromatic carbocycles. The predicted octanol–water partition coefficient (Wildman–Crippen LogP) is 0.546. The minimum atomic E-state index is -0.499. The zero-order valence-corrected chi connectivity index (χ0v) is 9.77. The lowest BCUT2D eigenvalue weighted by molar-refractivity contribution is -0.118. The van der Waals surface area contributed by atoms with Gasteiger partial charge in [0.1, 0.15) is 11.6 Å². The van der Waals surface area contributed by atoms with Crippen LogP contribution in [-0.4, -0.2) is 22.8 Å². The summed E-state index contributed by atoms with van der Waals surface area (Å²) in [6.45, 7) is 3.43. The summed E-state index contributed by atoms with van der Waals surface area (Å²) in [7, 11) is 0. The van der Waals surface area contributed by atoms with Gasteiger partial charge in [0.05, 0.1) is 17.5 Å². The van der Waals surface area contributed by atoms with E-state index >= 15 is 0 Å². The number of ketones is 1. The summed E-state index contributed by atoms with van der Waals surface area (Å²) in [6, 6.07) is -0.318. The SMILES string of the molecule is CC1=CC(O)=CC2C(=O)C(=C(C)N)C(N)=NC12. The third kappa shape index (κ3) is 1.73. The first-order valence-corrected chi connectivity index (χ1v) is 5.35. The Bertz CT molecular complexity index is 508. The van der Waals surface area contributed by atoms with Gasteiger partial charge in [0.2, 0.25) is 0 Å². The number of Topliss-reactive ketones (excluding diaryl/α,β-unsaturated/α-hetero) is 1.